The normalized spacial score (nSPS) is 32.9. The molecule has 1 saturated heterocycles. The van der Waals surface area contributed by atoms with Crippen LogP contribution in [0.2, 0.25) is 13.9 Å². The fraction of sp³-hybridized carbons (Fsp3) is 1.00. The predicted octanol–water partition coefficient (Wildman–Crippen LogP) is 2.59. The van der Waals surface area contributed by atoms with Gasteiger partial charge in [0.15, 0.2) is 0 Å². The first-order chi connectivity index (χ1) is 3.21. The van der Waals surface area contributed by atoms with E-state index in [9.17, 15) is 0 Å². The maximum atomic E-state index is 6.16. The molecule has 0 saturated carbocycles. The van der Waals surface area contributed by atoms with Crippen LogP contribution < -0.4 is 0 Å². The first-order valence-corrected chi connectivity index (χ1v) is 11.2. The van der Waals surface area contributed by atoms with E-state index < -0.39 is 17.1 Å². The molecule has 0 bridgehead atoms. The summed E-state index contributed by atoms with van der Waals surface area (Å²) < 4.78 is 2.81. The van der Waals surface area contributed by atoms with Crippen molar-refractivity contribution in [2.75, 3.05) is 0 Å². The molecule has 1 aliphatic heterocycles. The second kappa shape index (κ2) is 2.13. The van der Waals surface area contributed by atoms with Crippen molar-refractivity contribution in [3.05, 3.63) is 0 Å². The van der Waals surface area contributed by atoms with E-state index in [1.165, 1.54) is 21.8 Å². The Labute approximate surface area is 52.8 Å². The molecule has 1 fully saturated rings. The van der Waals surface area contributed by atoms with Gasteiger partial charge in [0.2, 0.25) is 0 Å². The van der Waals surface area contributed by atoms with Crippen LogP contribution in [0.15, 0.2) is 0 Å². The molecule has 0 aromatic carbocycles. The van der Waals surface area contributed by atoms with Gasteiger partial charge in [-0.25, -0.2) is 0 Å². The number of halogens is 1. The molecular formula is C5H11ClTe. The Morgan fingerprint density at radius 2 is 1.71 bits per heavy atom. The van der Waals surface area contributed by atoms with Crippen LogP contribution in [-0.2, 0) is 0 Å². The van der Waals surface area contributed by atoms with Crippen LogP contribution in [0.25, 0.3) is 0 Å². The van der Waals surface area contributed by atoms with E-state index in [1.54, 1.807) is 0 Å². The molecule has 0 nitrogen and oxygen atoms in total. The first-order valence-electron chi connectivity index (χ1n) is 2.64. The summed E-state index contributed by atoms with van der Waals surface area (Å²) in [5.41, 5.74) is 0. The molecule has 44 valence electrons. The van der Waals surface area contributed by atoms with E-state index in [0.717, 1.165) is 0 Å². The standard InChI is InChI=1S/C5H11ClTe/c1-7(6)4-2-3-5-7/h2-5H2,1H3. The molecule has 7 heavy (non-hydrogen) atoms. The summed E-state index contributed by atoms with van der Waals surface area (Å²) in [6.07, 6.45) is 2.84. The van der Waals surface area contributed by atoms with Crippen molar-refractivity contribution in [2.45, 2.75) is 26.8 Å². The molecule has 0 amide bonds. The fourth-order valence-electron chi connectivity index (χ4n) is 0.908. The van der Waals surface area contributed by atoms with Crippen molar-refractivity contribution in [3.8, 4) is 0 Å². The quantitative estimate of drug-likeness (QED) is 0.565. The van der Waals surface area contributed by atoms with E-state index in [2.05, 4.69) is 4.97 Å². The van der Waals surface area contributed by atoms with Crippen LogP contribution in [0.1, 0.15) is 12.8 Å². The molecule has 0 aromatic heterocycles. The van der Waals surface area contributed by atoms with Gasteiger partial charge in [-0.2, -0.15) is 0 Å². The Kier molecular flexibility index (Phi) is 1.89. The zero-order valence-corrected chi connectivity index (χ0v) is 7.70. The van der Waals surface area contributed by atoms with E-state index in [0.29, 0.717) is 0 Å². The first kappa shape index (κ1) is 6.20. The average Bonchev–Trinajstić information content (AvgIpc) is 1.84. The molecule has 0 atom stereocenters. The Morgan fingerprint density at radius 3 is 1.86 bits per heavy atom. The Bertz CT molecular complexity index is 62.5. The fourth-order valence-corrected chi connectivity index (χ4v) is 7.56. The van der Waals surface area contributed by atoms with Gasteiger partial charge >= 0.3 is 52.8 Å². The number of rotatable bonds is 0. The van der Waals surface area contributed by atoms with Gasteiger partial charge in [-0.1, -0.05) is 0 Å². The molecule has 0 spiro atoms. The Morgan fingerprint density at radius 1 is 1.29 bits per heavy atom. The van der Waals surface area contributed by atoms with Crippen LogP contribution in [0, 0.1) is 0 Å². The summed E-state index contributed by atoms with van der Waals surface area (Å²) in [6, 6.07) is 0. The molecule has 1 aliphatic rings. The van der Waals surface area contributed by atoms with Crippen LogP contribution >= 0.6 is 8.96 Å². The maximum absolute atomic E-state index is 6.16. The second-order valence-electron chi connectivity index (χ2n) is 2.27. The Balaban J connectivity index is 2.40. The summed E-state index contributed by atoms with van der Waals surface area (Å²) in [5, 5.41) is 0. The molecule has 0 N–H and O–H groups in total. The van der Waals surface area contributed by atoms with Crippen molar-refractivity contribution in [3.63, 3.8) is 0 Å². The summed E-state index contributed by atoms with van der Waals surface area (Å²) in [4.78, 5) is 2.32. The third-order valence-electron chi connectivity index (χ3n) is 1.39. The van der Waals surface area contributed by atoms with Gasteiger partial charge in [0.25, 0.3) is 0 Å². The van der Waals surface area contributed by atoms with Gasteiger partial charge in [-0.3, -0.25) is 0 Å². The minimum atomic E-state index is -1.52. The SMILES string of the molecule is C[Te]1(Cl)CCCC1. The van der Waals surface area contributed by atoms with Gasteiger partial charge in [0.05, 0.1) is 0 Å². The molecule has 1 rings (SSSR count). The summed E-state index contributed by atoms with van der Waals surface area (Å²) in [7, 11) is 6.16. The molecule has 0 aliphatic carbocycles. The van der Waals surface area contributed by atoms with E-state index in [1.807, 2.05) is 0 Å². The van der Waals surface area contributed by atoms with Crippen LogP contribution in [0.5, 0.6) is 0 Å². The van der Waals surface area contributed by atoms with Crippen LogP contribution in [0.3, 0.4) is 0 Å². The molecular weight excluding hydrogens is 223 g/mol. The minimum absolute atomic E-state index is 1.41. The van der Waals surface area contributed by atoms with Gasteiger partial charge < -0.3 is 0 Å². The van der Waals surface area contributed by atoms with Gasteiger partial charge in [-0.15, -0.1) is 0 Å². The molecule has 0 aromatic rings. The molecule has 1 heterocycles. The molecule has 0 radical (unpaired) electrons. The van der Waals surface area contributed by atoms with Crippen molar-refractivity contribution < 1.29 is 0 Å². The third kappa shape index (κ3) is 1.80. The Hall–Kier alpha value is 1.08. The van der Waals surface area contributed by atoms with Gasteiger partial charge in [-0.05, 0) is 0 Å². The zero-order chi connectivity index (χ0) is 5.33. The number of hydrogen-bond acceptors (Lipinski definition) is 0. The predicted molar refractivity (Wildman–Crippen MR) is 36.3 cm³/mol. The van der Waals surface area contributed by atoms with Gasteiger partial charge in [0.1, 0.15) is 0 Å². The van der Waals surface area contributed by atoms with Crippen molar-refractivity contribution in [2.24, 2.45) is 0 Å². The van der Waals surface area contributed by atoms with Crippen LogP contribution in [0.4, 0.5) is 0 Å². The van der Waals surface area contributed by atoms with E-state index in [-0.39, 0.29) is 0 Å². The average molecular weight is 234 g/mol. The summed E-state index contributed by atoms with van der Waals surface area (Å²) in [6.45, 7) is 0. The summed E-state index contributed by atoms with van der Waals surface area (Å²) in [5.74, 6) is 0. The van der Waals surface area contributed by atoms with Crippen LogP contribution in [-0.4, -0.2) is 17.1 Å². The monoisotopic (exact) mass is 236 g/mol. The third-order valence-corrected chi connectivity index (χ3v) is 9.97. The van der Waals surface area contributed by atoms with Gasteiger partial charge in [0, 0.05) is 0 Å². The topological polar surface area (TPSA) is 0 Å². The zero-order valence-electron chi connectivity index (χ0n) is 4.61. The molecule has 2 heteroatoms. The second-order valence-corrected chi connectivity index (χ2v) is 16.2. The van der Waals surface area contributed by atoms with Crippen molar-refractivity contribution >= 4 is 26.0 Å². The summed E-state index contributed by atoms with van der Waals surface area (Å²) >= 11 is -1.52. The van der Waals surface area contributed by atoms with E-state index >= 15 is 0 Å². The van der Waals surface area contributed by atoms with Crippen molar-refractivity contribution in [1.82, 2.24) is 0 Å². The molecule has 0 unspecified atom stereocenters. The van der Waals surface area contributed by atoms with Crippen molar-refractivity contribution in [1.29, 1.82) is 0 Å². The number of hydrogen-bond donors (Lipinski definition) is 0. The van der Waals surface area contributed by atoms with E-state index in [4.69, 9.17) is 8.96 Å².